The van der Waals surface area contributed by atoms with E-state index in [9.17, 15) is 4.79 Å². The van der Waals surface area contributed by atoms with Crippen molar-refractivity contribution in [3.8, 4) is 5.75 Å². The molecule has 1 aromatic carbocycles. The van der Waals surface area contributed by atoms with E-state index in [1.54, 1.807) is 14.2 Å². The van der Waals surface area contributed by atoms with E-state index in [1.165, 1.54) is 0 Å². The first kappa shape index (κ1) is 14.5. The summed E-state index contributed by atoms with van der Waals surface area (Å²) in [5.41, 5.74) is 2.58. The highest BCUT2D eigenvalue weighted by atomic mass is 16.5. The minimum Gasteiger partial charge on any atom is -0.496 e. The summed E-state index contributed by atoms with van der Waals surface area (Å²) >= 11 is 0. The van der Waals surface area contributed by atoms with Crippen LogP contribution in [0.5, 0.6) is 5.75 Å². The maximum atomic E-state index is 12.0. The Morgan fingerprint density at radius 1 is 1.22 bits per heavy atom. The third-order valence-corrected chi connectivity index (χ3v) is 2.80. The van der Waals surface area contributed by atoms with Gasteiger partial charge in [0.15, 0.2) is 0 Å². The maximum Gasteiger partial charge on any atom is 0.251 e. The van der Waals surface area contributed by atoms with Crippen molar-refractivity contribution >= 4 is 5.91 Å². The van der Waals surface area contributed by atoms with Crippen molar-refractivity contribution in [1.82, 2.24) is 5.32 Å². The van der Waals surface area contributed by atoms with E-state index >= 15 is 0 Å². The average molecular weight is 251 g/mol. The summed E-state index contributed by atoms with van der Waals surface area (Å²) < 4.78 is 10.2. The first-order valence-corrected chi connectivity index (χ1v) is 6.02. The van der Waals surface area contributed by atoms with Crippen molar-refractivity contribution in [3.63, 3.8) is 0 Å². The van der Waals surface area contributed by atoms with E-state index in [1.807, 2.05) is 26.0 Å². The summed E-state index contributed by atoms with van der Waals surface area (Å²) in [5.74, 6) is 0.762. The van der Waals surface area contributed by atoms with Crippen LogP contribution < -0.4 is 10.1 Å². The van der Waals surface area contributed by atoms with Crippen LogP contribution >= 0.6 is 0 Å². The Morgan fingerprint density at radius 3 is 2.56 bits per heavy atom. The first-order valence-electron chi connectivity index (χ1n) is 6.02. The van der Waals surface area contributed by atoms with Gasteiger partial charge in [-0.05, 0) is 43.5 Å². The normalized spacial score (nSPS) is 10.2. The van der Waals surface area contributed by atoms with E-state index < -0.39 is 0 Å². The Morgan fingerprint density at radius 2 is 1.94 bits per heavy atom. The molecule has 0 saturated carbocycles. The standard InChI is InChI=1S/C14H21NO3/c1-10-9-13(18-4)11(2)8-12(10)14(16)15-6-5-7-17-3/h8-9H,5-7H2,1-4H3,(H,15,16). The van der Waals surface area contributed by atoms with Crippen LogP contribution in [0.3, 0.4) is 0 Å². The number of methoxy groups -OCH3 is 2. The largest absolute Gasteiger partial charge is 0.496 e. The summed E-state index contributed by atoms with van der Waals surface area (Å²) in [6.45, 7) is 5.12. The number of ether oxygens (including phenoxy) is 2. The fourth-order valence-corrected chi connectivity index (χ4v) is 1.77. The van der Waals surface area contributed by atoms with Gasteiger partial charge in [0.1, 0.15) is 5.75 Å². The van der Waals surface area contributed by atoms with Crippen LogP contribution in [-0.4, -0.2) is 33.3 Å². The highest BCUT2D eigenvalue weighted by molar-refractivity contribution is 5.96. The number of benzene rings is 1. The number of amides is 1. The quantitative estimate of drug-likeness (QED) is 0.787. The molecule has 1 rings (SSSR count). The van der Waals surface area contributed by atoms with Crippen molar-refractivity contribution < 1.29 is 14.3 Å². The van der Waals surface area contributed by atoms with E-state index in [4.69, 9.17) is 9.47 Å². The van der Waals surface area contributed by atoms with Crippen LogP contribution in [-0.2, 0) is 4.74 Å². The van der Waals surface area contributed by atoms with Crippen molar-refractivity contribution in [3.05, 3.63) is 28.8 Å². The lowest BCUT2D eigenvalue weighted by atomic mass is 10.0. The summed E-state index contributed by atoms with van der Waals surface area (Å²) in [6, 6.07) is 3.75. The lowest BCUT2D eigenvalue weighted by Crippen LogP contribution is -2.26. The van der Waals surface area contributed by atoms with Gasteiger partial charge < -0.3 is 14.8 Å². The monoisotopic (exact) mass is 251 g/mol. The van der Waals surface area contributed by atoms with Crippen LogP contribution in [0.4, 0.5) is 0 Å². The van der Waals surface area contributed by atoms with Crippen molar-refractivity contribution in [2.75, 3.05) is 27.4 Å². The van der Waals surface area contributed by atoms with Gasteiger partial charge in [-0.15, -0.1) is 0 Å². The van der Waals surface area contributed by atoms with Crippen LogP contribution in [0, 0.1) is 13.8 Å². The van der Waals surface area contributed by atoms with Gasteiger partial charge in [-0.25, -0.2) is 0 Å². The van der Waals surface area contributed by atoms with Crippen molar-refractivity contribution in [2.45, 2.75) is 20.3 Å². The SMILES string of the molecule is COCCCNC(=O)c1cc(C)c(OC)cc1C. The summed E-state index contributed by atoms with van der Waals surface area (Å²) in [7, 11) is 3.28. The van der Waals surface area contributed by atoms with Gasteiger partial charge in [-0.1, -0.05) is 0 Å². The zero-order chi connectivity index (χ0) is 13.5. The van der Waals surface area contributed by atoms with Gasteiger partial charge in [-0.3, -0.25) is 4.79 Å². The molecule has 18 heavy (non-hydrogen) atoms. The molecule has 0 aromatic heterocycles. The molecule has 1 amide bonds. The predicted molar refractivity (Wildman–Crippen MR) is 71.3 cm³/mol. The molecule has 1 aromatic rings. The molecule has 4 nitrogen and oxygen atoms in total. The summed E-state index contributed by atoms with van der Waals surface area (Å²) in [4.78, 5) is 12.0. The zero-order valence-electron chi connectivity index (χ0n) is 11.5. The zero-order valence-corrected chi connectivity index (χ0v) is 11.5. The number of nitrogens with one attached hydrogen (secondary N) is 1. The molecule has 1 N–H and O–H groups in total. The molecule has 0 aliphatic rings. The molecule has 100 valence electrons. The minimum absolute atomic E-state index is 0.0469. The average Bonchev–Trinajstić information content (AvgIpc) is 2.36. The molecule has 4 heteroatoms. The Labute approximate surface area is 108 Å². The summed E-state index contributed by atoms with van der Waals surface area (Å²) in [6.07, 6.45) is 0.816. The van der Waals surface area contributed by atoms with E-state index in [-0.39, 0.29) is 5.91 Å². The molecule has 0 bridgehead atoms. The topological polar surface area (TPSA) is 47.6 Å². The van der Waals surface area contributed by atoms with Crippen LogP contribution in [0.1, 0.15) is 27.9 Å². The van der Waals surface area contributed by atoms with Crippen molar-refractivity contribution in [1.29, 1.82) is 0 Å². The minimum atomic E-state index is -0.0469. The van der Waals surface area contributed by atoms with E-state index in [0.717, 1.165) is 23.3 Å². The van der Waals surface area contributed by atoms with Crippen LogP contribution in [0.15, 0.2) is 12.1 Å². The number of hydrogen-bond acceptors (Lipinski definition) is 3. The molecule has 0 heterocycles. The summed E-state index contributed by atoms with van der Waals surface area (Å²) in [5, 5.41) is 2.88. The van der Waals surface area contributed by atoms with E-state index in [0.29, 0.717) is 18.7 Å². The number of carbonyl (C=O) groups excluding carboxylic acids is 1. The second-order valence-electron chi connectivity index (χ2n) is 4.24. The molecule has 0 unspecified atom stereocenters. The third kappa shape index (κ3) is 3.74. The highest BCUT2D eigenvalue weighted by Gasteiger charge is 2.11. The molecule has 0 radical (unpaired) electrons. The van der Waals surface area contributed by atoms with Crippen LogP contribution in [0.2, 0.25) is 0 Å². The number of aryl methyl sites for hydroxylation is 2. The fourth-order valence-electron chi connectivity index (χ4n) is 1.77. The smallest absolute Gasteiger partial charge is 0.251 e. The van der Waals surface area contributed by atoms with Gasteiger partial charge in [-0.2, -0.15) is 0 Å². The van der Waals surface area contributed by atoms with Crippen molar-refractivity contribution in [2.24, 2.45) is 0 Å². The molecule has 0 spiro atoms. The third-order valence-electron chi connectivity index (χ3n) is 2.80. The molecule has 0 aliphatic carbocycles. The Balaban J connectivity index is 2.71. The van der Waals surface area contributed by atoms with Gasteiger partial charge >= 0.3 is 0 Å². The van der Waals surface area contributed by atoms with E-state index in [2.05, 4.69) is 5.32 Å². The molecule has 0 aliphatic heterocycles. The van der Waals surface area contributed by atoms with Crippen LogP contribution in [0.25, 0.3) is 0 Å². The highest BCUT2D eigenvalue weighted by Crippen LogP contribution is 2.22. The lowest BCUT2D eigenvalue weighted by Gasteiger charge is -2.11. The molecular weight excluding hydrogens is 230 g/mol. The molecule has 0 saturated heterocycles. The molecule has 0 atom stereocenters. The second-order valence-corrected chi connectivity index (χ2v) is 4.24. The van der Waals surface area contributed by atoms with Gasteiger partial charge in [0.05, 0.1) is 7.11 Å². The Kier molecular flexibility index (Phi) is 5.65. The second kappa shape index (κ2) is 7.01. The van der Waals surface area contributed by atoms with Gasteiger partial charge in [0.25, 0.3) is 5.91 Å². The number of rotatable bonds is 6. The van der Waals surface area contributed by atoms with Gasteiger partial charge in [0.2, 0.25) is 0 Å². The lowest BCUT2D eigenvalue weighted by molar-refractivity contribution is 0.0948. The first-order chi connectivity index (χ1) is 8.60. The van der Waals surface area contributed by atoms with Gasteiger partial charge in [0, 0.05) is 25.8 Å². The number of hydrogen-bond donors (Lipinski definition) is 1. The predicted octanol–water partition coefficient (Wildman–Crippen LogP) is 2.08. The molecule has 0 fully saturated rings. The Hall–Kier alpha value is -1.55. The maximum absolute atomic E-state index is 12.0. The fraction of sp³-hybridized carbons (Fsp3) is 0.500. The number of carbonyl (C=O) groups is 1. The Bertz CT molecular complexity index is 416. The molecular formula is C14H21NO3.